The van der Waals surface area contributed by atoms with E-state index in [4.69, 9.17) is 14.5 Å². The highest BCUT2D eigenvalue weighted by Gasteiger charge is 2.24. The van der Waals surface area contributed by atoms with Crippen LogP contribution in [-0.4, -0.2) is 34.0 Å². The zero-order valence-corrected chi connectivity index (χ0v) is 24.2. The minimum Gasteiger partial charge on any atom is -0.454 e. The number of benzene rings is 3. The third-order valence-electron chi connectivity index (χ3n) is 7.62. The number of hydrogen-bond donors (Lipinski definition) is 0. The van der Waals surface area contributed by atoms with Gasteiger partial charge in [-0.25, -0.2) is 4.98 Å². The third kappa shape index (κ3) is 5.91. The summed E-state index contributed by atoms with van der Waals surface area (Å²) in [6.07, 6.45) is 0.885. The molecule has 0 bridgehead atoms. The number of hydrogen-bond acceptors (Lipinski definition) is 6. The van der Waals surface area contributed by atoms with Gasteiger partial charge in [-0.1, -0.05) is 75.4 Å². The number of carbonyl (C=O) groups excluding carboxylic acids is 1. The first-order valence-electron chi connectivity index (χ1n) is 13.8. The van der Waals surface area contributed by atoms with E-state index in [2.05, 4.69) is 80.3 Å². The topological polar surface area (TPSA) is 54.9 Å². The van der Waals surface area contributed by atoms with Crippen LogP contribution in [0.4, 0.5) is 0 Å². The number of aromatic nitrogens is 1. The zero-order chi connectivity index (χ0) is 27.7. The molecule has 4 aromatic rings. The summed E-state index contributed by atoms with van der Waals surface area (Å²) >= 11 is 1.56. The lowest BCUT2D eigenvalue weighted by Gasteiger charge is -2.28. The van der Waals surface area contributed by atoms with Crippen LogP contribution >= 0.6 is 11.3 Å². The highest BCUT2D eigenvalue weighted by Crippen LogP contribution is 2.33. The van der Waals surface area contributed by atoms with Gasteiger partial charge in [0.15, 0.2) is 11.5 Å². The molecule has 6 rings (SSSR count). The van der Waals surface area contributed by atoms with E-state index in [9.17, 15) is 4.79 Å². The van der Waals surface area contributed by atoms with Crippen molar-refractivity contribution in [2.45, 2.75) is 58.8 Å². The van der Waals surface area contributed by atoms with Crippen molar-refractivity contribution in [1.29, 1.82) is 0 Å². The first-order valence-corrected chi connectivity index (χ1v) is 14.7. The zero-order valence-electron chi connectivity index (χ0n) is 23.4. The van der Waals surface area contributed by atoms with E-state index >= 15 is 0 Å². The van der Waals surface area contributed by atoms with Crippen molar-refractivity contribution in [2.24, 2.45) is 0 Å². The van der Waals surface area contributed by atoms with Crippen LogP contribution in [0.1, 0.15) is 64.1 Å². The van der Waals surface area contributed by atoms with Crippen molar-refractivity contribution in [3.05, 3.63) is 111 Å². The van der Waals surface area contributed by atoms with E-state index in [0.29, 0.717) is 18.8 Å². The molecule has 6 nitrogen and oxygen atoms in total. The van der Waals surface area contributed by atoms with Crippen LogP contribution in [0.2, 0.25) is 0 Å². The Labute approximate surface area is 240 Å². The van der Waals surface area contributed by atoms with Gasteiger partial charge < -0.3 is 14.4 Å². The summed E-state index contributed by atoms with van der Waals surface area (Å²) in [4.78, 5) is 22.4. The van der Waals surface area contributed by atoms with Crippen LogP contribution in [-0.2, 0) is 38.0 Å². The standard InChI is InChI=1S/C33H35N3O3S/c1-33(2,3)27-11-8-23(9-12-27)17-35(18-24-10-13-29-30(16-24)39-22-38-29)20-31-34-28(21-40-31)32(37)36-15-14-25-6-4-5-7-26(25)19-36/h4-13,16,21H,14-15,17-20,22H2,1-3H3. The average molecular weight is 554 g/mol. The second-order valence-corrected chi connectivity index (χ2v) is 12.6. The van der Waals surface area contributed by atoms with Gasteiger partial charge >= 0.3 is 0 Å². The summed E-state index contributed by atoms with van der Waals surface area (Å²) in [5, 5.41) is 2.85. The molecule has 3 aromatic carbocycles. The molecule has 0 radical (unpaired) electrons. The van der Waals surface area contributed by atoms with Crippen LogP contribution in [0.3, 0.4) is 0 Å². The minimum absolute atomic E-state index is 0.0112. The van der Waals surface area contributed by atoms with Crippen molar-refractivity contribution in [3.63, 3.8) is 0 Å². The van der Waals surface area contributed by atoms with Gasteiger partial charge in [0, 0.05) is 31.6 Å². The van der Waals surface area contributed by atoms with Crippen LogP contribution in [0.5, 0.6) is 11.5 Å². The highest BCUT2D eigenvalue weighted by molar-refractivity contribution is 7.09. The predicted octanol–water partition coefficient (Wildman–Crippen LogP) is 6.57. The number of nitrogens with zero attached hydrogens (tertiary/aromatic N) is 3. The lowest BCUT2D eigenvalue weighted by atomic mass is 9.87. The number of amides is 1. The fourth-order valence-electron chi connectivity index (χ4n) is 5.34. The van der Waals surface area contributed by atoms with E-state index in [0.717, 1.165) is 48.1 Å². The Kier molecular flexibility index (Phi) is 7.34. The second-order valence-electron chi connectivity index (χ2n) is 11.7. The Morgan fingerprint density at radius 1 is 0.925 bits per heavy atom. The van der Waals surface area contributed by atoms with Crippen LogP contribution in [0.25, 0.3) is 0 Å². The summed E-state index contributed by atoms with van der Waals surface area (Å²) < 4.78 is 11.1. The Bertz CT molecular complexity index is 1510. The van der Waals surface area contributed by atoms with E-state index in [-0.39, 0.29) is 18.1 Å². The molecule has 2 aliphatic heterocycles. The maximum absolute atomic E-state index is 13.3. The number of fused-ring (bicyclic) bond motifs is 2. The molecule has 2 aliphatic rings. The fraction of sp³-hybridized carbons (Fsp3) is 0.333. The van der Waals surface area contributed by atoms with Gasteiger partial charge in [-0.05, 0) is 51.8 Å². The highest BCUT2D eigenvalue weighted by atomic mass is 32.1. The molecule has 1 aromatic heterocycles. The Hall–Kier alpha value is -3.68. The molecular formula is C33H35N3O3S. The first-order chi connectivity index (χ1) is 19.3. The quantitative estimate of drug-likeness (QED) is 0.259. The second kappa shape index (κ2) is 11.1. The third-order valence-corrected chi connectivity index (χ3v) is 8.45. The molecule has 0 atom stereocenters. The SMILES string of the molecule is CC(C)(C)c1ccc(CN(Cc2ccc3c(c2)OCO3)Cc2nc(C(=O)N3CCc4ccccc4C3)cs2)cc1. The van der Waals surface area contributed by atoms with Crippen LogP contribution in [0.15, 0.2) is 72.1 Å². The number of ether oxygens (including phenoxy) is 2. The van der Waals surface area contributed by atoms with E-state index < -0.39 is 0 Å². The lowest BCUT2D eigenvalue weighted by molar-refractivity contribution is 0.0729. The Morgan fingerprint density at radius 3 is 2.45 bits per heavy atom. The van der Waals surface area contributed by atoms with Gasteiger partial charge in [0.05, 0.1) is 6.54 Å². The molecule has 0 spiro atoms. The molecule has 0 aliphatic carbocycles. The number of rotatable bonds is 7. The van der Waals surface area contributed by atoms with Gasteiger partial charge in [0.2, 0.25) is 6.79 Å². The Morgan fingerprint density at radius 2 is 1.65 bits per heavy atom. The lowest BCUT2D eigenvalue weighted by Crippen LogP contribution is -2.36. The smallest absolute Gasteiger partial charge is 0.273 e. The minimum atomic E-state index is 0.0112. The monoisotopic (exact) mass is 553 g/mol. The first kappa shape index (κ1) is 26.5. The molecule has 40 heavy (non-hydrogen) atoms. The predicted molar refractivity (Wildman–Crippen MR) is 158 cm³/mol. The number of carbonyl (C=O) groups is 1. The van der Waals surface area contributed by atoms with Crippen molar-refractivity contribution in [2.75, 3.05) is 13.3 Å². The summed E-state index contributed by atoms with van der Waals surface area (Å²) in [6, 6.07) is 23.4. The molecule has 0 saturated heterocycles. The summed E-state index contributed by atoms with van der Waals surface area (Å²) in [7, 11) is 0. The molecule has 3 heterocycles. The van der Waals surface area contributed by atoms with Gasteiger partial charge in [-0.2, -0.15) is 0 Å². The molecular weight excluding hydrogens is 518 g/mol. The van der Waals surface area contributed by atoms with E-state index in [1.165, 1.54) is 22.3 Å². The molecule has 1 amide bonds. The van der Waals surface area contributed by atoms with E-state index in [1.807, 2.05) is 22.4 Å². The summed E-state index contributed by atoms with van der Waals surface area (Å²) in [5.74, 6) is 1.59. The maximum Gasteiger partial charge on any atom is 0.273 e. The molecule has 0 saturated carbocycles. The fourth-order valence-corrected chi connectivity index (χ4v) is 6.15. The van der Waals surface area contributed by atoms with Crippen molar-refractivity contribution in [1.82, 2.24) is 14.8 Å². The average Bonchev–Trinajstić information content (AvgIpc) is 3.61. The van der Waals surface area contributed by atoms with Crippen LogP contribution < -0.4 is 9.47 Å². The van der Waals surface area contributed by atoms with Crippen LogP contribution in [0, 0.1) is 0 Å². The molecule has 0 fully saturated rings. The van der Waals surface area contributed by atoms with Gasteiger partial charge in [0.1, 0.15) is 10.7 Å². The Balaban J connectivity index is 1.19. The van der Waals surface area contributed by atoms with Crippen molar-refractivity contribution >= 4 is 17.2 Å². The van der Waals surface area contributed by atoms with Gasteiger partial charge in [-0.15, -0.1) is 11.3 Å². The largest absolute Gasteiger partial charge is 0.454 e. The number of thiazole rings is 1. The molecule has 7 heteroatoms. The van der Waals surface area contributed by atoms with Gasteiger partial charge in [0.25, 0.3) is 5.91 Å². The van der Waals surface area contributed by atoms with Crippen molar-refractivity contribution in [3.8, 4) is 11.5 Å². The molecule has 0 N–H and O–H groups in total. The normalized spacial score (nSPS) is 14.4. The van der Waals surface area contributed by atoms with Crippen molar-refractivity contribution < 1.29 is 14.3 Å². The van der Waals surface area contributed by atoms with Gasteiger partial charge in [-0.3, -0.25) is 9.69 Å². The molecule has 0 unspecified atom stereocenters. The maximum atomic E-state index is 13.3. The summed E-state index contributed by atoms with van der Waals surface area (Å²) in [5.41, 5.74) is 6.93. The molecule has 206 valence electrons. The van der Waals surface area contributed by atoms with E-state index in [1.54, 1.807) is 11.3 Å². The summed E-state index contributed by atoms with van der Waals surface area (Å²) in [6.45, 7) is 10.5.